The third-order valence-corrected chi connectivity index (χ3v) is 4.07. The molecule has 0 aromatic heterocycles. The Bertz CT molecular complexity index is 584. The molecule has 0 bridgehead atoms. The third kappa shape index (κ3) is 4.88. The highest BCUT2D eigenvalue weighted by atomic mass is 16.5. The van der Waals surface area contributed by atoms with Crippen LogP contribution >= 0.6 is 0 Å². The molecule has 1 aliphatic rings. The van der Waals surface area contributed by atoms with Crippen molar-refractivity contribution in [2.45, 2.75) is 32.7 Å². The van der Waals surface area contributed by atoms with Gasteiger partial charge in [-0.1, -0.05) is 13.0 Å². The number of urea groups is 1. The van der Waals surface area contributed by atoms with Gasteiger partial charge in [0.05, 0.1) is 14.2 Å². The van der Waals surface area contributed by atoms with Crippen molar-refractivity contribution in [3.63, 3.8) is 0 Å². The summed E-state index contributed by atoms with van der Waals surface area (Å²) in [6.07, 6.45) is 3.37. The lowest BCUT2D eigenvalue weighted by atomic mass is 10.1. The van der Waals surface area contributed by atoms with Crippen molar-refractivity contribution in [1.82, 2.24) is 10.2 Å². The van der Waals surface area contributed by atoms with Crippen molar-refractivity contribution in [3.05, 3.63) is 29.3 Å². The van der Waals surface area contributed by atoms with Gasteiger partial charge in [0.2, 0.25) is 0 Å². The number of nitrogens with one attached hydrogen (secondary N) is 1. The topological polar surface area (TPSA) is 67.9 Å². The van der Waals surface area contributed by atoms with E-state index in [-0.39, 0.29) is 6.03 Å². The van der Waals surface area contributed by atoms with Crippen LogP contribution < -0.4 is 10.1 Å². The van der Waals surface area contributed by atoms with E-state index < -0.39 is 5.97 Å². The summed E-state index contributed by atoms with van der Waals surface area (Å²) in [6, 6.07) is 5.17. The van der Waals surface area contributed by atoms with Crippen LogP contribution in [-0.2, 0) is 11.3 Å². The number of amides is 2. The molecule has 0 radical (unpaired) electrons. The number of hydrogen-bond acceptors (Lipinski definition) is 4. The number of hydrogen-bond donors (Lipinski definition) is 1. The average Bonchev–Trinajstić information content (AvgIpc) is 3.42. The fourth-order valence-electron chi connectivity index (χ4n) is 2.58. The molecular formula is C18H26N2O4. The van der Waals surface area contributed by atoms with Gasteiger partial charge in [0, 0.05) is 19.6 Å². The van der Waals surface area contributed by atoms with Crippen molar-refractivity contribution in [1.29, 1.82) is 0 Å². The molecule has 132 valence electrons. The molecule has 1 N–H and O–H groups in total. The Labute approximate surface area is 143 Å². The van der Waals surface area contributed by atoms with Crippen LogP contribution in [0.1, 0.15) is 42.1 Å². The molecule has 2 rings (SSSR count). The number of rotatable bonds is 8. The SMILES string of the molecule is CCCN(CC1CC1)C(=O)NCc1ccc(OC)c(C(=O)OC)c1. The molecule has 6 heteroatoms. The van der Waals surface area contributed by atoms with Gasteiger partial charge in [-0.05, 0) is 42.9 Å². The molecule has 0 heterocycles. The Morgan fingerprint density at radius 2 is 2.04 bits per heavy atom. The summed E-state index contributed by atoms with van der Waals surface area (Å²) in [6.45, 7) is 4.02. The van der Waals surface area contributed by atoms with E-state index in [1.54, 1.807) is 12.1 Å². The molecule has 1 fully saturated rings. The van der Waals surface area contributed by atoms with Crippen molar-refractivity contribution in [3.8, 4) is 5.75 Å². The fourth-order valence-corrected chi connectivity index (χ4v) is 2.58. The van der Waals surface area contributed by atoms with E-state index in [0.29, 0.717) is 23.8 Å². The maximum absolute atomic E-state index is 12.4. The summed E-state index contributed by atoms with van der Waals surface area (Å²) >= 11 is 0. The van der Waals surface area contributed by atoms with Gasteiger partial charge < -0.3 is 19.7 Å². The molecule has 1 aliphatic carbocycles. The molecule has 0 saturated heterocycles. The van der Waals surface area contributed by atoms with Gasteiger partial charge in [0.1, 0.15) is 11.3 Å². The lowest BCUT2D eigenvalue weighted by Crippen LogP contribution is -2.41. The Kier molecular flexibility index (Phi) is 6.46. The Morgan fingerprint density at radius 3 is 2.62 bits per heavy atom. The molecule has 2 amide bonds. The molecule has 1 aromatic carbocycles. The molecule has 24 heavy (non-hydrogen) atoms. The molecule has 0 aliphatic heterocycles. The molecule has 0 spiro atoms. The van der Waals surface area contributed by atoms with Gasteiger partial charge in [-0.3, -0.25) is 0 Å². The highest BCUT2D eigenvalue weighted by Crippen LogP contribution is 2.29. The van der Waals surface area contributed by atoms with E-state index in [9.17, 15) is 9.59 Å². The summed E-state index contributed by atoms with van der Waals surface area (Å²) in [5.74, 6) is 0.661. The lowest BCUT2D eigenvalue weighted by Gasteiger charge is -2.22. The smallest absolute Gasteiger partial charge is 0.341 e. The quantitative estimate of drug-likeness (QED) is 0.742. The minimum atomic E-state index is -0.457. The first-order valence-electron chi connectivity index (χ1n) is 8.37. The Balaban J connectivity index is 1.99. The first-order valence-corrected chi connectivity index (χ1v) is 8.37. The second-order valence-corrected chi connectivity index (χ2v) is 6.07. The first-order chi connectivity index (χ1) is 11.6. The summed E-state index contributed by atoms with van der Waals surface area (Å²) < 4.78 is 9.94. The van der Waals surface area contributed by atoms with Crippen LogP contribution in [-0.4, -0.2) is 44.2 Å². The highest BCUT2D eigenvalue weighted by Gasteiger charge is 2.26. The number of ether oxygens (including phenoxy) is 2. The number of nitrogens with zero attached hydrogens (tertiary/aromatic N) is 1. The average molecular weight is 334 g/mol. The van der Waals surface area contributed by atoms with Crippen LogP contribution in [0.5, 0.6) is 5.75 Å². The molecule has 0 unspecified atom stereocenters. The van der Waals surface area contributed by atoms with Gasteiger partial charge in [-0.15, -0.1) is 0 Å². The van der Waals surface area contributed by atoms with Gasteiger partial charge in [0.25, 0.3) is 0 Å². The van der Waals surface area contributed by atoms with Gasteiger partial charge in [-0.2, -0.15) is 0 Å². The summed E-state index contributed by atoms with van der Waals surface area (Å²) in [5, 5.41) is 2.93. The number of methoxy groups -OCH3 is 2. The maximum atomic E-state index is 12.4. The van der Waals surface area contributed by atoms with Crippen molar-refractivity contribution < 1.29 is 19.1 Å². The van der Waals surface area contributed by atoms with Crippen molar-refractivity contribution in [2.24, 2.45) is 5.92 Å². The number of carbonyl (C=O) groups excluding carboxylic acids is 2. The molecule has 6 nitrogen and oxygen atoms in total. The van der Waals surface area contributed by atoms with Crippen LogP contribution in [0.2, 0.25) is 0 Å². The van der Waals surface area contributed by atoms with Crippen LogP contribution in [0, 0.1) is 5.92 Å². The zero-order valence-electron chi connectivity index (χ0n) is 14.6. The standard InChI is InChI=1S/C18H26N2O4/c1-4-9-20(12-13-5-6-13)18(22)19-11-14-7-8-16(23-2)15(10-14)17(21)24-3/h7-8,10,13H,4-6,9,11-12H2,1-3H3,(H,19,22). The summed E-state index contributed by atoms with van der Waals surface area (Å²) in [4.78, 5) is 26.1. The van der Waals surface area contributed by atoms with Gasteiger partial charge >= 0.3 is 12.0 Å². The van der Waals surface area contributed by atoms with E-state index >= 15 is 0 Å². The van der Waals surface area contributed by atoms with Crippen LogP contribution in [0.4, 0.5) is 4.79 Å². The number of benzene rings is 1. The van der Waals surface area contributed by atoms with E-state index in [2.05, 4.69) is 12.2 Å². The molecule has 1 aromatic rings. The molecule has 1 saturated carbocycles. The van der Waals surface area contributed by atoms with E-state index in [4.69, 9.17) is 9.47 Å². The zero-order valence-corrected chi connectivity index (χ0v) is 14.6. The molecule has 0 atom stereocenters. The third-order valence-electron chi connectivity index (χ3n) is 4.07. The predicted octanol–water partition coefficient (Wildman–Crippen LogP) is 2.81. The first kappa shape index (κ1) is 18.1. The van der Waals surface area contributed by atoms with Crippen LogP contribution in [0.15, 0.2) is 18.2 Å². The van der Waals surface area contributed by atoms with E-state index in [1.807, 2.05) is 11.0 Å². The largest absolute Gasteiger partial charge is 0.496 e. The van der Waals surface area contributed by atoms with E-state index in [0.717, 1.165) is 25.1 Å². The minimum Gasteiger partial charge on any atom is -0.496 e. The van der Waals surface area contributed by atoms with E-state index in [1.165, 1.54) is 27.1 Å². The minimum absolute atomic E-state index is 0.0563. The highest BCUT2D eigenvalue weighted by molar-refractivity contribution is 5.92. The number of esters is 1. The summed E-state index contributed by atoms with van der Waals surface area (Å²) in [7, 11) is 2.83. The maximum Gasteiger partial charge on any atom is 0.341 e. The molecular weight excluding hydrogens is 308 g/mol. The van der Waals surface area contributed by atoms with Crippen LogP contribution in [0.25, 0.3) is 0 Å². The second-order valence-electron chi connectivity index (χ2n) is 6.07. The lowest BCUT2D eigenvalue weighted by molar-refractivity contribution is 0.0597. The second kappa shape index (κ2) is 8.57. The Morgan fingerprint density at radius 1 is 1.29 bits per heavy atom. The van der Waals surface area contributed by atoms with Crippen LogP contribution in [0.3, 0.4) is 0 Å². The number of carbonyl (C=O) groups is 2. The van der Waals surface area contributed by atoms with Crippen molar-refractivity contribution >= 4 is 12.0 Å². The monoisotopic (exact) mass is 334 g/mol. The Hall–Kier alpha value is -2.24. The van der Waals surface area contributed by atoms with Gasteiger partial charge in [-0.25, -0.2) is 9.59 Å². The predicted molar refractivity (Wildman–Crippen MR) is 91.2 cm³/mol. The van der Waals surface area contributed by atoms with Crippen molar-refractivity contribution in [2.75, 3.05) is 27.3 Å². The zero-order chi connectivity index (χ0) is 17.5. The fraction of sp³-hybridized carbons (Fsp3) is 0.556. The normalized spacial score (nSPS) is 13.3. The summed E-state index contributed by atoms with van der Waals surface area (Å²) in [5.41, 5.74) is 1.18. The van der Waals surface area contributed by atoms with Gasteiger partial charge in [0.15, 0.2) is 0 Å².